The Hall–Kier alpha value is -2.50. The molecule has 116 valence electrons. The van der Waals surface area contributed by atoms with Crippen molar-refractivity contribution in [2.75, 3.05) is 7.11 Å². The highest BCUT2D eigenvalue weighted by molar-refractivity contribution is 5.72. The number of carboxylic acids is 1. The molecule has 0 spiro atoms. The molecule has 2 rings (SSSR count). The number of rotatable bonds is 6. The molecule has 22 heavy (non-hydrogen) atoms. The van der Waals surface area contributed by atoms with Gasteiger partial charge in [0.25, 0.3) is 6.43 Å². The first-order chi connectivity index (χ1) is 10.5. The highest BCUT2D eigenvalue weighted by atomic mass is 19.3. The fourth-order valence-corrected chi connectivity index (χ4v) is 2.11. The molecule has 0 fully saturated rings. The number of halogens is 2. The van der Waals surface area contributed by atoms with Gasteiger partial charge in [0.05, 0.1) is 7.11 Å². The number of carbonyl (C=O) groups is 1. The van der Waals surface area contributed by atoms with E-state index >= 15 is 0 Å². The maximum atomic E-state index is 12.8. The van der Waals surface area contributed by atoms with Crippen LogP contribution < -0.4 is 4.74 Å². The molecule has 0 atom stereocenters. The van der Waals surface area contributed by atoms with Crippen LogP contribution in [-0.2, 0) is 11.2 Å². The average molecular weight is 307 g/mol. The lowest BCUT2D eigenvalue weighted by atomic mass is 10.00. The van der Waals surface area contributed by atoms with E-state index in [0.29, 0.717) is 23.3 Å². The number of hydrogen-bond donors (Lipinski definition) is 1. The molecule has 0 unspecified atom stereocenters. The Bertz CT molecular complexity index is 674. The lowest BCUT2D eigenvalue weighted by molar-refractivity contribution is -0.136. The van der Waals surface area contributed by atoms with Crippen molar-refractivity contribution in [3.05, 3.63) is 47.8 Å². The van der Waals surface area contributed by atoms with E-state index in [2.05, 4.69) is 4.98 Å². The number of carboxylic acid groups (broad SMARTS) is 1. The molecule has 1 aromatic heterocycles. The highest BCUT2D eigenvalue weighted by Gasteiger charge is 2.12. The Labute approximate surface area is 126 Å². The summed E-state index contributed by atoms with van der Waals surface area (Å²) in [5, 5.41) is 8.74. The van der Waals surface area contributed by atoms with E-state index in [-0.39, 0.29) is 12.0 Å². The minimum atomic E-state index is -2.60. The standard InChI is InChI=1S/C16H15F2NO3/c1-22-14-4-2-10(3-5-15(20)21)6-13(14)11-7-12(16(17)18)9-19-8-11/h2,4,6-9,16H,3,5H2,1H3,(H,20,21). The van der Waals surface area contributed by atoms with Gasteiger partial charge in [0.1, 0.15) is 5.75 Å². The molecule has 0 aliphatic carbocycles. The third-order valence-corrected chi connectivity index (χ3v) is 3.21. The maximum Gasteiger partial charge on any atom is 0.303 e. The molecular weight excluding hydrogens is 292 g/mol. The van der Waals surface area contributed by atoms with Crippen LogP contribution in [0.3, 0.4) is 0 Å². The zero-order valence-corrected chi connectivity index (χ0v) is 11.9. The molecule has 0 bridgehead atoms. The number of benzene rings is 1. The Morgan fingerprint density at radius 1 is 1.32 bits per heavy atom. The summed E-state index contributed by atoms with van der Waals surface area (Å²) in [4.78, 5) is 14.5. The molecule has 2 aromatic rings. The molecular formula is C16H15F2NO3. The smallest absolute Gasteiger partial charge is 0.303 e. The molecule has 1 N–H and O–H groups in total. The summed E-state index contributed by atoms with van der Waals surface area (Å²) in [5.41, 5.74) is 1.74. The number of aliphatic carboxylic acids is 1. The fraction of sp³-hybridized carbons (Fsp3) is 0.250. The lowest BCUT2D eigenvalue weighted by Gasteiger charge is -2.11. The van der Waals surface area contributed by atoms with Crippen LogP contribution in [0.25, 0.3) is 11.1 Å². The summed E-state index contributed by atoms with van der Waals surface area (Å²) in [6.45, 7) is 0. The Balaban J connectivity index is 2.41. The zero-order chi connectivity index (χ0) is 16.1. The average Bonchev–Trinajstić information content (AvgIpc) is 2.52. The van der Waals surface area contributed by atoms with Crippen LogP contribution in [0.15, 0.2) is 36.7 Å². The van der Waals surface area contributed by atoms with Crippen molar-refractivity contribution < 1.29 is 23.4 Å². The number of ether oxygens (including phenoxy) is 1. The summed E-state index contributed by atoms with van der Waals surface area (Å²) in [7, 11) is 1.49. The van der Waals surface area contributed by atoms with Crippen molar-refractivity contribution in [1.82, 2.24) is 4.98 Å². The van der Waals surface area contributed by atoms with E-state index in [4.69, 9.17) is 9.84 Å². The summed E-state index contributed by atoms with van der Waals surface area (Å²) in [6.07, 6.45) is 0.350. The third-order valence-electron chi connectivity index (χ3n) is 3.21. The molecule has 0 saturated heterocycles. The van der Waals surface area contributed by atoms with E-state index < -0.39 is 12.4 Å². The van der Waals surface area contributed by atoms with Crippen molar-refractivity contribution in [3.63, 3.8) is 0 Å². The number of aromatic nitrogens is 1. The molecule has 0 radical (unpaired) electrons. The molecule has 1 aromatic carbocycles. The van der Waals surface area contributed by atoms with Gasteiger partial charge in [0, 0.05) is 35.5 Å². The van der Waals surface area contributed by atoms with Crippen LogP contribution >= 0.6 is 0 Å². The topological polar surface area (TPSA) is 59.4 Å². The molecule has 0 amide bonds. The number of methoxy groups -OCH3 is 1. The van der Waals surface area contributed by atoms with Gasteiger partial charge >= 0.3 is 5.97 Å². The summed E-state index contributed by atoms with van der Waals surface area (Å²) < 4.78 is 30.8. The van der Waals surface area contributed by atoms with Crippen LogP contribution in [0.4, 0.5) is 8.78 Å². The van der Waals surface area contributed by atoms with Crippen molar-refractivity contribution in [1.29, 1.82) is 0 Å². The molecule has 4 nitrogen and oxygen atoms in total. The molecule has 0 saturated carbocycles. The van der Waals surface area contributed by atoms with Gasteiger partial charge < -0.3 is 9.84 Å². The van der Waals surface area contributed by atoms with Gasteiger partial charge in [-0.1, -0.05) is 6.07 Å². The minimum Gasteiger partial charge on any atom is -0.496 e. The summed E-state index contributed by atoms with van der Waals surface area (Å²) in [6, 6.07) is 6.56. The summed E-state index contributed by atoms with van der Waals surface area (Å²) in [5.74, 6) is -0.369. The van der Waals surface area contributed by atoms with Gasteiger partial charge in [-0.25, -0.2) is 8.78 Å². The molecule has 0 aliphatic rings. The largest absolute Gasteiger partial charge is 0.496 e. The van der Waals surface area contributed by atoms with Gasteiger partial charge in [-0.2, -0.15) is 0 Å². The number of alkyl halides is 2. The van der Waals surface area contributed by atoms with Gasteiger partial charge in [-0.3, -0.25) is 9.78 Å². The van der Waals surface area contributed by atoms with Gasteiger partial charge in [0.2, 0.25) is 0 Å². The Morgan fingerprint density at radius 3 is 2.73 bits per heavy atom. The number of nitrogens with zero attached hydrogens (tertiary/aromatic N) is 1. The summed E-state index contributed by atoms with van der Waals surface area (Å²) >= 11 is 0. The number of aryl methyl sites for hydroxylation is 1. The van der Waals surface area contributed by atoms with Gasteiger partial charge in [0.15, 0.2) is 0 Å². The van der Waals surface area contributed by atoms with Gasteiger partial charge in [-0.15, -0.1) is 0 Å². The third kappa shape index (κ3) is 3.78. The van der Waals surface area contributed by atoms with Crippen LogP contribution in [-0.4, -0.2) is 23.2 Å². The highest BCUT2D eigenvalue weighted by Crippen LogP contribution is 2.32. The monoisotopic (exact) mass is 307 g/mol. The first-order valence-electron chi connectivity index (χ1n) is 6.63. The van der Waals surface area contributed by atoms with Gasteiger partial charge in [-0.05, 0) is 30.2 Å². The second-order valence-electron chi connectivity index (χ2n) is 4.74. The number of pyridine rings is 1. The van der Waals surface area contributed by atoms with Crippen molar-refractivity contribution in [2.45, 2.75) is 19.3 Å². The van der Waals surface area contributed by atoms with E-state index in [9.17, 15) is 13.6 Å². The van der Waals surface area contributed by atoms with E-state index in [1.165, 1.54) is 19.4 Å². The maximum absolute atomic E-state index is 12.8. The van der Waals surface area contributed by atoms with Crippen LogP contribution in [0.2, 0.25) is 0 Å². The predicted octanol–water partition coefficient (Wildman–Crippen LogP) is 3.71. The molecule has 1 heterocycles. The second-order valence-corrected chi connectivity index (χ2v) is 4.74. The van der Waals surface area contributed by atoms with E-state index in [1.807, 2.05) is 0 Å². The second kappa shape index (κ2) is 6.98. The van der Waals surface area contributed by atoms with Crippen molar-refractivity contribution >= 4 is 5.97 Å². The van der Waals surface area contributed by atoms with Crippen LogP contribution in [0, 0.1) is 0 Å². The van der Waals surface area contributed by atoms with E-state index in [0.717, 1.165) is 11.8 Å². The minimum absolute atomic E-state index is 0.00108. The lowest BCUT2D eigenvalue weighted by Crippen LogP contribution is -1.98. The van der Waals surface area contributed by atoms with Crippen LogP contribution in [0.5, 0.6) is 5.75 Å². The Kier molecular flexibility index (Phi) is 5.04. The quantitative estimate of drug-likeness (QED) is 0.883. The normalized spacial score (nSPS) is 10.7. The first kappa shape index (κ1) is 15.9. The van der Waals surface area contributed by atoms with Crippen LogP contribution in [0.1, 0.15) is 24.0 Å². The molecule has 6 heteroatoms. The molecule has 0 aliphatic heterocycles. The van der Waals surface area contributed by atoms with Crippen molar-refractivity contribution in [3.8, 4) is 16.9 Å². The number of hydrogen-bond acceptors (Lipinski definition) is 3. The predicted molar refractivity (Wildman–Crippen MR) is 77.1 cm³/mol. The SMILES string of the molecule is COc1ccc(CCC(=O)O)cc1-c1cncc(C(F)F)c1. The fourth-order valence-electron chi connectivity index (χ4n) is 2.11. The van der Waals surface area contributed by atoms with Crippen molar-refractivity contribution in [2.24, 2.45) is 0 Å². The zero-order valence-electron chi connectivity index (χ0n) is 11.9. The van der Waals surface area contributed by atoms with E-state index in [1.54, 1.807) is 18.2 Å². The first-order valence-corrected chi connectivity index (χ1v) is 6.63. The Morgan fingerprint density at radius 2 is 2.09 bits per heavy atom.